The van der Waals surface area contributed by atoms with Crippen LogP contribution in [0.1, 0.15) is 23.0 Å². The van der Waals surface area contributed by atoms with Crippen LogP contribution in [0.2, 0.25) is 0 Å². The van der Waals surface area contributed by atoms with Gasteiger partial charge in [0.15, 0.2) is 0 Å². The average molecular weight is 263 g/mol. The Bertz CT molecular complexity index is 493. The zero-order valence-electron chi connectivity index (χ0n) is 9.96. The first-order valence-electron chi connectivity index (χ1n) is 5.58. The molecular formula is C13H13NO3S. The highest BCUT2D eigenvalue weighted by Gasteiger charge is 2.07. The number of rotatable bonds is 5. The number of carbonyl (C=O) groups is 1. The molecule has 0 atom stereocenters. The molecule has 0 aliphatic heterocycles. The fourth-order valence-corrected chi connectivity index (χ4v) is 2.09. The molecule has 0 N–H and O–H groups in total. The highest BCUT2D eigenvalue weighted by molar-refractivity contribution is 7.98. The molecule has 18 heavy (non-hydrogen) atoms. The van der Waals surface area contributed by atoms with E-state index in [4.69, 9.17) is 9.15 Å². The van der Waals surface area contributed by atoms with Crippen LogP contribution in [0.4, 0.5) is 0 Å². The summed E-state index contributed by atoms with van der Waals surface area (Å²) in [6.07, 6.45) is 3.18. The predicted octanol–water partition coefficient (Wildman–Crippen LogP) is 3.14. The van der Waals surface area contributed by atoms with Crippen molar-refractivity contribution < 1.29 is 13.9 Å². The van der Waals surface area contributed by atoms with Crippen molar-refractivity contribution in [3.8, 4) is 0 Å². The van der Waals surface area contributed by atoms with Gasteiger partial charge >= 0.3 is 5.97 Å². The topological polar surface area (TPSA) is 52.3 Å². The normalized spacial score (nSPS) is 10.3. The summed E-state index contributed by atoms with van der Waals surface area (Å²) in [5.74, 6) is 1.28. The zero-order chi connectivity index (χ0) is 12.8. The number of thioether (sulfide) groups is 1. The van der Waals surface area contributed by atoms with Crippen LogP contribution in [0, 0.1) is 0 Å². The molecule has 2 rings (SSSR count). The Labute approximate surface area is 109 Å². The molecular weight excluding hydrogens is 250 g/mol. The summed E-state index contributed by atoms with van der Waals surface area (Å²) >= 11 is 1.55. The summed E-state index contributed by atoms with van der Waals surface area (Å²) < 4.78 is 10.1. The first-order chi connectivity index (χ1) is 8.79. The van der Waals surface area contributed by atoms with Gasteiger partial charge in [0.05, 0.1) is 29.2 Å². The number of hydrogen-bond acceptors (Lipinski definition) is 5. The minimum Gasteiger partial charge on any atom is -0.468 e. The van der Waals surface area contributed by atoms with E-state index in [-0.39, 0.29) is 5.97 Å². The SMILES string of the molecule is CCOC(=O)c1ccc(SCc2ccco2)nc1. The maximum atomic E-state index is 11.4. The van der Waals surface area contributed by atoms with Crippen molar-refractivity contribution in [3.05, 3.63) is 48.0 Å². The molecule has 0 aliphatic carbocycles. The van der Waals surface area contributed by atoms with Crippen LogP contribution in [0.25, 0.3) is 0 Å². The predicted molar refractivity (Wildman–Crippen MR) is 68.5 cm³/mol. The summed E-state index contributed by atoms with van der Waals surface area (Å²) in [6.45, 7) is 2.15. The summed E-state index contributed by atoms with van der Waals surface area (Å²) in [5, 5.41) is 0.847. The molecule has 0 unspecified atom stereocenters. The Hall–Kier alpha value is -1.75. The van der Waals surface area contributed by atoms with Crippen molar-refractivity contribution in [2.75, 3.05) is 6.61 Å². The lowest BCUT2D eigenvalue weighted by Gasteiger charge is -2.02. The quantitative estimate of drug-likeness (QED) is 0.612. The Morgan fingerprint density at radius 1 is 1.44 bits per heavy atom. The standard InChI is InChI=1S/C13H13NO3S/c1-2-16-13(15)10-5-6-12(14-8-10)18-9-11-4-3-7-17-11/h3-8H,2,9H2,1H3. The van der Waals surface area contributed by atoms with Crippen molar-refractivity contribution in [1.29, 1.82) is 0 Å². The first kappa shape index (κ1) is 12.7. The first-order valence-corrected chi connectivity index (χ1v) is 6.56. The number of carbonyl (C=O) groups excluding carboxylic acids is 1. The molecule has 2 aromatic rings. The van der Waals surface area contributed by atoms with Gasteiger partial charge in [0.1, 0.15) is 5.76 Å². The van der Waals surface area contributed by atoms with E-state index in [1.807, 2.05) is 12.1 Å². The molecule has 0 bridgehead atoms. The number of aromatic nitrogens is 1. The molecule has 2 heterocycles. The molecule has 94 valence electrons. The van der Waals surface area contributed by atoms with Gasteiger partial charge in [-0.15, -0.1) is 0 Å². The van der Waals surface area contributed by atoms with Crippen LogP contribution in [-0.4, -0.2) is 17.6 Å². The van der Waals surface area contributed by atoms with Crippen LogP contribution in [0.3, 0.4) is 0 Å². The molecule has 0 saturated heterocycles. The Morgan fingerprint density at radius 3 is 2.94 bits per heavy atom. The highest BCUT2D eigenvalue weighted by Crippen LogP contribution is 2.21. The van der Waals surface area contributed by atoms with Gasteiger partial charge < -0.3 is 9.15 Å². The van der Waals surface area contributed by atoms with Crippen molar-refractivity contribution in [2.45, 2.75) is 17.7 Å². The number of furan rings is 1. The molecule has 2 aromatic heterocycles. The maximum Gasteiger partial charge on any atom is 0.339 e. The van der Waals surface area contributed by atoms with Crippen molar-refractivity contribution in [3.63, 3.8) is 0 Å². The summed E-state index contributed by atoms with van der Waals surface area (Å²) in [5.41, 5.74) is 0.471. The minimum atomic E-state index is -0.340. The lowest BCUT2D eigenvalue weighted by atomic mass is 10.3. The largest absolute Gasteiger partial charge is 0.468 e. The third kappa shape index (κ3) is 3.37. The summed E-state index contributed by atoms with van der Waals surface area (Å²) in [4.78, 5) is 15.6. The number of ether oxygens (including phenoxy) is 1. The molecule has 0 spiro atoms. The summed E-state index contributed by atoms with van der Waals surface area (Å²) in [6, 6.07) is 7.29. The van der Waals surface area contributed by atoms with Gasteiger partial charge in [0.2, 0.25) is 0 Å². The number of esters is 1. The fourth-order valence-electron chi connectivity index (χ4n) is 1.34. The molecule has 5 heteroatoms. The second-order valence-electron chi connectivity index (χ2n) is 3.47. The van der Waals surface area contributed by atoms with Gasteiger partial charge in [-0.2, -0.15) is 0 Å². The molecule has 0 aromatic carbocycles. The Kier molecular flexibility index (Phi) is 4.41. The lowest BCUT2D eigenvalue weighted by molar-refractivity contribution is 0.0525. The molecule has 0 saturated carbocycles. The molecule has 0 fully saturated rings. The minimum absolute atomic E-state index is 0.340. The van der Waals surface area contributed by atoms with Gasteiger partial charge in [-0.25, -0.2) is 9.78 Å². The number of hydrogen-bond donors (Lipinski definition) is 0. The van der Waals surface area contributed by atoms with E-state index in [9.17, 15) is 4.79 Å². The molecule has 0 amide bonds. The van der Waals surface area contributed by atoms with Crippen molar-refractivity contribution in [1.82, 2.24) is 4.98 Å². The number of pyridine rings is 1. The van der Waals surface area contributed by atoms with Crippen molar-refractivity contribution in [2.24, 2.45) is 0 Å². The molecule has 4 nitrogen and oxygen atoms in total. The van der Waals surface area contributed by atoms with Gasteiger partial charge in [-0.05, 0) is 31.2 Å². The summed E-state index contributed by atoms with van der Waals surface area (Å²) in [7, 11) is 0. The second kappa shape index (κ2) is 6.26. The van der Waals surface area contributed by atoms with Gasteiger partial charge in [-0.1, -0.05) is 11.8 Å². The lowest BCUT2D eigenvalue weighted by Crippen LogP contribution is -2.04. The zero-order valence-corrected chi connectivity index (χ0v) is 10.8. The van der Waals surface area contributed by atoms with Gasteiger partial charge in [0, 0.05) is 6.20 Å². The maximum absolute atomic E-state index is 11.4. The van der Waals surface area contributed by atoms with Gasteiger partial charge in [0.25, 0.3) is 0 Å². The van der Waals surface area contributed by atoms with Crippen molar-refractivity contribution >= 4 is 17.7 Å². The van der Waals surface area contributed by atoms with E-state index in [1.165, 1.54) is 6.20 Å². The third-order valence-electron chi connectivity index (χ3n) is 2.19. The number of nitrogens with zero attached hydrogens (tertiary/aromatic N) is 1. The van der Waals surface area contributed by atoms with E-state index < -0.39 is 0 Å². The highest BCUT2D eigenvalue weighted by atomic mass is 32.2. The van der Waals surface area contributed by atoms with E-state index >= 15 is 0 Å². The molecule has 0 aliphatic rings. The van der Waals surface area contributed by atoms with E-state index in [2.05, 4.69) is 4.98 Å². The second-order valence-corrected chi connectivity index (χ2v) is 4.47. The smallest absolute Gasteiger partial charge is 0.339 e. The van der Waals surface area contributed by atoms with Crippen LogP contribution in [0.5, 0.6) is 0 Å². The van der Waals surface area contributed by atoms with E-state index in [0.717, 1.165) is 16.5 Å². The van der Waals surface area contributed by atoms with Crippen LogP contribution in [-0.2, 0) is 10.5 Å². The average Bonchev–Trinajstić information content (AvgIpc) is 2.90. The fraction of sp³-hybridized carbons (Fsp3) is 0.231. The third-order valence-corrected chi connectivity index (χ3v) is 3.16. The monoisotopic (exact) mass is 263 g/mol. The van der Waals surface area contributed by atoms with Gasteiger partial charge in [-0.3, -0.25) is 0 Å². The van der Waals surface area contributed by atoms with Crippen LogP contribution in [0.15, 0.2) is 46.2 Å². The van der Waals surface area contributed by atoms with E-state index in [1.54, 1.807) is 37.1 Å². The Balaban J connectivity index is 1.93. The van der Waals surface area contributed by atoms with Crippen LogP contribution < -0.4 is 0 Å². The van der Waals surface area contributed by atoms with E-state index in [0.29, 0.717) is 12.2 Å². The van der Waals surface area contributed by atoms with Crippen LogP contribution >= 0.6 is 11.8 Å². The molecule has 0 radical (unpaired) electrons. The Morgan fingerprint density at radius 2 is 2.33 bits per heavy atom.